The van der Waals surface area contributed by atoms with Gasteiger partial charge in [0.15, 0.2) is 46.5 Å². The van der Waals surface area contributed by atoms with Crippen molar-refractivity contribution in [1.29, 1.82) is 0 Å². The highest BCUT2D eigenvalue weighted by atomic mass is 19.2. The molecule has 4 unspecified atom stereocenters. The van der Waals surface area contributed by atoms with Crippen LogP contribution in [0.3, 0.4) is 0 Å². The number of aromatic nitrogens is 4. The Hall–Kier alpha value is -9.24. The summed E-state index contributed by atoms with van der Waals surface area (Å²) in [6.07, 6.45) is 7.36. The summed E-state index contributed by atoms with van der Waals surface area (Å²) in [5.74, 6) is -9.02. The van der Waals surface area contributed by atoms with Gasteiger partial charge in [0.25, 0.3) is 0 Å². The minimum atomic E-state index is -1.62. The molecule has 4 aliphatic rings. The molecule has 4 saturated heterocycles. The number of rotatable bonds is 13. The Morgan fingerprint density at radius 1 is 0.537 bits per heavy atom. The number of fused-ring (bicyclic) bond motifs is 6. The van der Waals surface area contributed by atoms with Crippen LogP contribution in [0.25, 0.3) is 33.4 Å². The molecule has 0 saturated carbocycles. The van der Waals surface area contributed by atoms with E-state index in [1.54, 1.807) is 9.80 Å². The van der Waals surface area contributed by atoms with Gasteiger partial charge in [-0.3, -0.25) is 28.7 Å². The first-order valence-electron chi connectivity index (χ1n) is 25.5. The molecule has 10 N–H and O–H groups in total. The Kier molecular flexibility index (Phi) is 14.8. The summed E-state index contributed by atoms with van der Waals surface area (Å²) in [6.45, 7) is 1.66. The fourth-order valence-corrected chi connectivity index (χ4v) is 11.2. The van der Waals surface area contributed by atoms with E-state index in [-0.39, 0.29) is 108 Å². The number of halogens is 6. The number of aromatic carboxylic acids is 2. The molecule has 6 aromatic rings. The van der Waals surface area contributed by atoms with Crippen LogP contribution in [0.15, 0.2) is 90.5 Å². The number of piperazine rings is 2. The topological polar surface area (TPSA) is 311 Å². The van der Waals surface area contributed by atoms with E-state index in [4.69, 9.17) is 22.9 Å². The smallest absolute Gasteiger partial charge is 0.341 e. The van der Waals surface area contributed by atoms with Crippen LogP contribution in [0.4, 0.5) is 38.0 Å². The van der Waals surface area contributed by atoms with E-state index in [0.29, 0.717) is 63.7 Å². The third-order valence-corrected chi connectivity index (χ3v) is 14.8. The Labute approximate surface area is 449 Å². The molecule has 22 nitrogen and oxygen atoms in total. The van der Waals surface area contributed by atoms with Gasteiger partial charge in [0.2, 0.25) is 22.8 Å². The maximum absolute atomic E-state index is 15.9. The number of pyridine rings is 4. The number of hydrogen-bond donors (Lipinski definition) is 6. The fourth-order valence-electron chi connectivity index (χ4n) is 11.2. The molecule has 418 valence electrons. The Morgan fingerprint density at radius 2 is 0.900 bits per heavy atom. The summed E-state index contributed by atoms with van der Waals surface area (Å²) in [5, 5.41) is 18.6. The second-order valence-electron chi connectivity index (χ2n) is 19.8. The van der Waals surface area contributed by atoms with E-state index >= 15 is 17.6 Å². The second-order valence-corrected chi connectivity index (χ2v) is 19.8. The minimum absolute atomic E-state index is 0.0240. The standard InChI is InChI=1S/C52H52F6N16O6/c53-25-5-11-39(35(55)15-25)71-23-33(47(77)78)41(75)31-17-37(57)45(65-43(31)71)69-19-27-7-8-28(20-69)73(27)51(61)67-49(59)63-13-3-1-2-4-14-64-50(60)68-52(62)74-29-9-10-30(74)22-70(21-29)46-38(58)18-32-42(76)34(48(79)80)24-72(44(32)66-46)40-12-6-26(54)16-36(40)56/h5-6,11-12,15-18,23-24,27-30H,1-4,7-10,13-14,19-22H2,(H,77,78)(H,79,80)(H4,59,61,63,67)(H4,60,62,64,68). The molecule has 4 fully saturated rings. The number of aliphatic imine (C=N–C) groups is 4. The van der Waals surface area contributed by atoms with Crippen LogP contribution < -0.4 is 43.6 Å². The third kappa shape index (κ3) is 10.5. The summed E-state index contributed by atoms with van der Waals surface area (Å²) in [4.78, 5) is 83.6. The van der Waals surface area contributed by atoms with E-state index < -0.39 is 79.6 Å². The second kappa shape index (κ2) is 21.9. The molecule has 4 atom stereocenters. The van der Waals surface area contributed by atoms with Crippen molar-refractivity contribution in [2.75, 3.05) is 49.1 Å². The molecule has 2 aromatic carbocycles. The summed E-state index contributed by atoms with van der Waals surface area (Å²) in [5.41, 5.74) is 20.7. The molecule has 8 heterocycles. The first-order chi connectivity index (χ1) is 38.3. The van der Waals surface area contributed by atoms with Crippen LogP contribution in [0.1, 0.15) is 72.1 Å². The zero-order valence-corrected chi connectivity index (χ0v) is 42.5. The van der Waals surface area contributed by atoms with E-state index in [0.717, 1.165) is 70.8 Å². The Morgan fingerprint density at radius 3 is 1.24 bits per heavy atom. The molecule has 0 spiro atoms. The monoisotopic (exact) mass is 1110 g/mol. The van der Waals surface area contributed by atoms with Gasteiger partial charge in [-0.05, 0) is 74.9 Å². The highest BCUT2D eigenvalue weighted by Crippen LogP contribution is 2.36. The number of nitrogens with zero attached hydrogens (tertiary/aromatic N) is 12. The summed E-state index contributed by atoms with van der Waals surface area (Å²) in [6, 6.07) is 5.99. The van der Waals surface area contributed by atoms with Gasteiger partial charge >= 0.3 is 11.9 Å². The number of carboxylic acid groups (broad SMARTS) is 2. The molecule has 10 rings (SSSR count). The molecular formula is C52H52F6N16O6. The van der Waals surface area contributed by atoms with E-state index in [9.17, 15) is 38.2 Å². The van der Waals surface area contributed by atoms with Crippen molar-refractivity contribution >= 4 is 69.5 Å². The van der Waals surface area contributed by atoms with Crippen molar-refractivity contribution in [3.63, 3.8) is 0 Å². The molecular weight excluding hydrogens is 1060 g/mol. The van der Waals surface area contributed by atoms with Crippen LogP contribution >= 0.6 is 0 Å². The SMILES string of the molecule is NC(=NCCCCCCN=C(N)N=C(N)N1C2CCC1CN(c1nc3c(cc1F)c(=O)c(C(=O)O)cn3-c1ccc(F)cc1F)C2)N=C(N)N1C2CCC1CN(c1nc3c(cc1F)c(=O)c(C(=O)O)cn3-c1ccc(F)cc1F)C2. The van der Waals surface area contributed by atoms with Gasteiger partial charge in [-0.25, -0.2) is 45.9 Å². The Bertz CT molecular complexity index is 3490. The van der Waals surface area contributed by atoms with Crippen molar-refractivity contribution < 1.29 is 46.1 Å². The number of carbonyl (C=O) groups is 2. The van der Waals surface area contributed by atoms with Crippen LogP contribution in [-0.4, -0.2) is 138 Å². The molecule has 0 amide bonds. The van der Waals surface area contributed by atoms with Gasteiger partial charge in [-0.2, -0.15) is 9.98 Å². The molecule has 28 heteroatoms. The number of nitrogens with two attached hydrogens (primary N) is 4. The average molecular weight is 1110 g/mol. The van der Waals surface area contributed by atoms with Crippen LogP contribution in [0.5, 0.6) is 0 Å². The van der Waals surface area contributed by atoms with Crippen LogP contribution in [0, 0.1) is 34.9 Å². The quantitative estimate of drug-likeness (QED) is 0.0410. The lowest BCUT2D eigenvalue weighted by Gasteiger charge is -2.42. The predicted molar refractivity (Wildman–Crippen MR) is 285 cm³/mol. The van der Waals surface area contributed by atoms with Gasteiger partial charge in [-0.15, -0.1) is 0 Å². The summed E-state index contributed by atoms with van der Waals surface area (Å²) in [7, 11) is 0. The van der Waals surface area contributed by atoms with Crippen molar-refractivity contribution in [1.82, 2.24) is 28.9 Å². The van der Waals surface area contributed by atoms with E-state index in [2.05, 4.69) is 29.9 Å². The number of unbranched alkanes of at least 4 members (excludes halogenated alkanes) is 3. The zero-order chi connectivity index (χ0) is 56.8. The number of hydrogen-bond acceptors (Lipinski definition) is 10. The lowest BCUT2D eigenvalue weighted by molar-refractivity contribution is 0.0684. The first kappa shape index (κ1) is 54.1. The first-order valence-corrected chi connectivity index (χ1v) is 25.5. The number of benzene rings is 2. The largest absolute Gasteiger partial charge is 0.477 e. The van der Waals surface area contributed by atoms with E-state index in [1.807, 2.05) is 9.80 Å². The van der Waals surface area contributed by atoms with Crippen molar-refractivity contribution in [2.45, 2.75) is 75.5 Å². The van der Waals surface area contributed by atoms with Gasteiger partial charge in [0.1, 0.15) is 34.4 Å². The lowest BCUT2D eigenvalue weighted by atomic mass is 10.1. The minimum Gasteiger partial charge on any atom is -0.477 e. The van der Waals surface area contributed by atoms with Crippen molar-refractivity contribution in [3.05, 3.63) is 127 Å². The molecule has 80 heavy (non-hydrogen) atoms. The number of guanidine groups is 4. The molecule has 4 aromatic heterocycles. The molecule has 0 aliphatic carbocycles. The summed E-state index contributed by atoms with van der Waals surface area (Å²) >= 11 is 0. The maximum Gasteiger partial charge on any atom is 0.341 e. The van der Waals surface area contributed by atoms with Gasteiger partial charge < -0.3 is 52.7 Å². The van der Waals surface area contributed by atoms with Crippen molar-refractivity contribution in [3.8, 4) is 11.4 Å². The molecule has 0 radical (unpaired) electrons. The fraction of sp³-hybridized carbons (Fsp3) is 0.346. The van der Waals surface area contributed by atoms with Gasteiger partial charge in [0.05, 0.1) is 22.1 Å². The van der Waals surface area contributed by atoms with Gasteiger partial charge in [0, 0.05) is 88.0 Å². The maximum atomic E-state index is 15.9. The van der Waals surface area contributed by atoms with Crippen LogP contribution in [-0.2, 0) is 0 Å². The number of anilines is 2. The van der Waals surface area contributed by atoms with Gasteiger partial charge in [-0.1, -0.05) is 12.8 Å². The highest BCUT2D eigenvalue weighted by molar-refractivity contribution is 5.96. The predicted octanol–water partition coefficient (Wildman–Crippen LogP) is 4.14. The molecule has 4 aliphatic heterocycles. The highest BCUT2D eigenvalue weighted by Gasteiger charge is 2.44. The Balaban J connectivity index is 0.710. The average Bonchev–Trinajstić information content (AvgIpc) is 3.87. The van der Waals surface area contributed by atoms with Crippen LogP contribution in [0.2, 0.25) is 0 Å². The lowest BCUT2D eigenvalue weighted by Crippen LogP contribution is -2.58. The summed E-state index contributed by atoms with van der Waals surface area (Å²) < 4.78 is 91.5. The zero-order valence-electron chi connectivity index (χ0n) is 42.5. The third-order valence-electron chi connectivity index (χ3n) is 14.8. The normalized spacial score (nSPS) is 19.7. The number of carboxylic acids is 2. The molecule has 4 bridgehead atoms. The van der Waals surface area contributed by atoms with E-state index in [1.165, 1.54) is 0 Å². The van der Waals surface area contributed by atoms with Crippen molar-refractivity contribution in [2.24, 2.45) is 42.9 Å².